The molecule has 2 saturated heterocycles. The molecule has 5 nitrogen and oxygen atoms in total. The number of amidine groups is 1. The van der Waals surface area contributed by atoms with Gasteiger partial charge in [-0.3, -0.25) is 9.88 Å². The Hall–Kier alpha value is -1.92. The van der Waals surface area contributed by atoms with Crippen molar-refractivity contribution in [2.75, 3.05) is 20.1 Å². The Kier molecular flexibility index (Phi) is 6.61. The summed E-state index contributed by atoms with van der Waals surface area (Å²) in [4.78, 5) is 15.2. The highest BCUT2D eigenvalue weighted by molar-refractivity contribution is 7.98. The van der Waals surface area contributed by atoms with Crippen molar-refractivity contribution in [1.82, 2.24) is 14.8 Å². The van der Waals surface area contributed by atoms with E-state index in [0.717, 1.165) is 19.4 Å². The van der Waals surface area contributed by atoms with Crippen LogP contribution in [0.2, 0.25) is 0 Å². The molecular formula is C29H39N5S. The van der Waals surface area contributed by atoms with Crippen LogP contribution in [0.3, 0.4) is 0 Å². The van der Waals surface area contributed by atoms with E-state index in [0.29, 0.717) is 29.2 Å². The number of likely N-dealkylation sites (tertiary alicyclic amines) is 2. The molecule has 3 fully saturated rings. The molecule has 0 aromatic carbocycles. The standard InChI is InChI=1S/C29H39N5S/c1-19-13-27-25(10-6-20(2)35-32-27)29(31-16-19)34-18-21-14-22(7-9-24(34)15-21)26-11-8-23(17-30-26)28-5-4-12-33(28)3/h8,10-11,16-17,20-22,24,28H,4-7,9,12-15,18H2,1-3H3. The van der Waals surface area contributed by atoms with E-state index in [4.69, 9.17) is 14.4 Å². The van der Waals surface area contributed by atoms with Gasteiger partial charge in [-0.1, -0.05) is 19.1 Å². The van der Waals surface area contributed by atoms with E-state index in [-0.39, 0.29) is 0 Å². The van der Waals surface area contributed by atoms with Gasteiger partial charge >= 0.3 is 0 Å². The van der Waals surface area contributed by atoms with Crippen molar-refractivity contribution in [3.63, 3.8) is 0 Å². The Morgan fingerprint density at radius 1 is 1.11 bits per heavy atom. The highest BCUT2D eigenvalue weighted by Gasteiger charge is 2.40. The molecule has 1 saturated carbocycles. The number of rotatable bonds is 2. The van der Waals surface area contributed by atoms with Crippen LogP contribution in [0.15, 0.2) is 51.1 Å². The van der Waals surface area contributed by atoms with Crippen LogP contribution in [0.5, 0.6) is 0 Å². The van der Waals surface area contributed by atoms with E-state index < -0.39 is 0 Å². The fraction of sp³-hybridized carbons (Fsp3) is 0.621. The zero-order chi connectivity index (χ0) is 23.9. The summed E-state index contributed by atoms with van der Waals surface area (Å²) in [5.74, 6) is 2.49. The average molecular weight is 490 g/mol. The first-order chi connectivity index (χ1) is 17.0. The third kappa shape index (κ3) is 4.76. The summed E-state index contributed by atoms with van der Waals surface area (Å²) in [5.41, 5.74) is 6.53. The van der Waals surface area contributed by atoms with Crippen molar-refractivity contribution in [1.29, 1.82) is 0 Å². The molecule has 5 atom stereocenters. The minimum Gasteiger partial charge on any atom is -0.353 e. The lowest BCUT2D eigenvalue weighted by molar-refractivity contribution is 0.316. The fourth-order valence-electron chi connectivity index (χ4n) is 6.86. The topological polar surface area (TPSA) is 44.1 Å². The first-order valence-corrected chi connectivity index (χ1v) is 14.5. The Labute approximate surface area is 215 Å². The van der Waals surface area contributed by atoms with Crippen LogP contribution in [0.1, 0.15) is 88.4 Å². The van der Waals surface area contributed by atoms with Crippen molar-refractivity contribution in [3.05, 3.63) is 53.0 Å². The molecule has 5 unspecified atom stereocenters. The molecule has 1 aromatic rings. The zero-order valence-electron chi connectivity index (χ0n) is 21.5. The van der Waals surface area contributed by atoms with Crippen LogP contribution in [0.25, 0.3) is 0 Å². The highest BCUT2D eigenvalue weighted by atomic mass is 32.2. The van der Waals surface area contributed by atoms with Crippen LogP contribution in [0.4, 0.5) is 0 Å². The van der Waals surface area contributed by atoms with Gasteiger partial charge in [-0.25, -0.2) is 9.39 Å². The van der Waals surface area contributed by atoms with Crippen LogP contribution in [-0.2, 0) is 0 Å². The van der Waals surface area contributed by atoms with E-state index >= 15 is 0 Å². The summed E-state index contributed by atoms with van der Waals surface area (Å²) in [6.45, 7) is 6.78. The SMILES string of the molecule is CC1=CN=C(N2CC3CC(c4ccc(C5CCCN5C)cn4)CCC2C3)C2=CCC(C)SN=C2C1. The number of hydrogen-bond donors (Lipinski definition) is 0. The lowest BCUT2D eigenvalue weighted by Gasteiger charge is -2.31. The summed E-state index contributed by atoms with van der Waals surface area (Å²) in [7, 11) is 2.24. The van der Waals surface area contributed by atoms with Gasteiger partial charge in [-0.2, -0.15) is 0 Å². The molecule has 5 aliphatic rings. The summed E-state index contributed by atoms with van der Waals surface area (Å²) < 4.78 is 4.96. The molecule has 5 heterocycles. The van der Waals surface area contributed by atoms with Gasteiger partial charge in [0.1, 0.15) is 5.84 Å². The third-order valence-electron chi connectivity index (χ3n) is 8.77. The Bertz CT molecular complexity index is 1070. The summed E-state index contributed by atoms with van der Waals surface area (Å²) in [6, 6.07) is 5.83. The van der Waals surface area contributed by atoms with E-state index in [9.17, 15) is 0 Å². The van der Waals surface area contributed by atoms with Gasteiger partial charge in [0.15, 0.2) is 0 Å². The largest absolute Gasteiger partial charge is 0.353 e. The van der Waals surface area contributed by atoms with Crippen molar-refractivity contribution >= 4 is 23.5 Å². The van der Waals surface area contributed by atoms with Gasteiger partial charge in [-0.15, -0.1) is 0 Å². The fourth-order valence-corrected chi connectivity index (χ4v) is 7.51. The van der Waals surface area contributed by atoms with Crippen molar-refractivity contribution < 1.29 is 0 Å². The molecule has 0 amide bonds. The van der Waals surface area contributed by atoms with Gasteiger partial charge < -0.3 is 4.90 Å². The van der Waals surface area contributed by atoms with E-state index in [2.05, 4.69) is 61.3 Å². The first-order valence-electron chi connectivity index (χ1n) is 13.6. The summed E-state index contributed by atoms with van der Waals surface area (Å²) in [6.07, 6.45) is 16.2. The second kappa shape index (κ2) is 9.85. The van der Waals surface area contributed by atoms with E-state index in [1.54, 1.807) is 11.9 Å². The maximum atomic E-state index is 5.06. The Balaban J connectivity index is 1.18. The lowest BCUT2D eigenvalue weighted by Crippen LogP contribution is -2.39. The molecule has 1 aromatic heterocycles. The quantitative estimate of drug-likeness (QED) is 0.456. The van der Waals surface area contributed by atoms with Gasteiger partial charge in [0.25, 0.3) is 0 Å². The molecular weight excluding hydrogens is 450 g/mol. The number of aromatic nitrogens is 1. The second-order valence-corrected chi connectivity index (χ2v) is 12.7. The zero-order valence-corrected chi connectivity index (χ0v) is 22.3. The minimum atomic E-state index is 0.530. The molecule has 0 radical (unpaired) electrons. The molecule has 186 valence electrons. The molecule has 6 rings (SSSR count). The lowest BCUT2D eigenvalue weighted by atomic mass is 9.90. The van der Waals surface area contributed by atoms with E-state index in [1.165, 1.54) is 79.0 Å². The predicted octanol–water partition coefficient (Wildman–Crippen LogP) is 6.32. The molecule has 0 spiro atoms. The third-order valence-corrected chi connectivity index (χ3v) is 9.65. The average Bonchev–Trinajstić information content (AvgIpc) is 3.27. The molecule has 0 N–H and O–H groups in total. The predicted molar refractivity (Wildman–Crippen MR) is 147 cm³/mol. The molecule has 6 heteroatoms. The minimum absolute atomic E-state index is 0.530. The first kappa shape index (κ1) is 23.5. The number of pyridine rings is 1. The van der Waals surface area contributed by atoms with Crippen molar-refractivity contribution in [2.24, 2.45) is 15.3 Å². The van der Waals surface area contributed by atoms with Gasteiger partial charge in [0.2, 0.25) is 0 Å². The number of aliphatic imine (C=N–C) groups is 1. The van der Waals surface area contributed by atoms with Crippen molar-refractivity contribution in [2.45, 2.75) is 88.5 Å². The maximum absolute atomic E-state index is 5.06. The van der Waals surface area contributed by atoms with Crippen LogP contribution >= 0.6 is 11.9 Å². The van der Waals surface area contributed by atoms with Gasteiger partial charge in [0, 0.05) is 59.9 Å². The molecule has 1 aliphatic carbocycles. The molecule has 4 aliphatic heterocycles. The van der Waals surface area contributed by atoms with Crippen LogP contribution in [0, 0.1) is 5.92 Å². The highest BCUT2D eigenvalue weighted by Crippen LogP contribution is 2.42. The maximum Gasteiger partial charge on any atom is 0.137 e. The van der Waals surface area contributed by atoms with Crippen LogP contribution in [-0.4, -0.2) is 57.8 Å². The van der Waals surface area contributed by atoms with E-state index in [1.807, 2.05) is 0 Å². The number of hydrogen-bond acceptors (Lipinski definition) is 6. The number of allylic oxidation sites excluding steroid dienone is 2. The smallest absolute Gasteiger partial charge is 0.137 e. The van der Waals surface area contributed by atoms with Gasteiger partial charge in [0.05, 0.1) is 5.71 Å². The monoisotopic (exact) mass is 489 g/mol. The summed E-state index contributed by atoms with van der Waals surface area (Å²) >= 11 is 1.74. The Morgan fingerprint density at radius 3 is 2.83 bits per heavy atom. The summed E-state index contributed by atoms with van der Waals surface area (Å²) in [5, 5.41) is 0.530. The second-order valence-electron chi connectivity index (χ2n) is 11.5. The van der Waals surface area contributed by atoms with Crippen LogP contribution < -0.4 is 0 Å². The van der Waals surface area contributed by atoms with Crippen molar-refractivity contribution in [3.8, 4) is 0 Å². The molecule has 2 bridgehead atoms. The Morgan fingerprint density at radius 2 is 2.03 bits per heavy atom. The van der Waals surface area contributed by atoms with Gasteiger partial charge in [-0.05, 0) is 101 Å². The molecule has 35 heavy (non-hydrogen) atoms. The normalized spacial score (nSPS) is 33.7. The number of fused-ring (bicyclic) bond motifs is 3. The number of nitrogens with zero attached hydrogens (tertiary/aromatic N) is 5.